The molecule has 4 heteroatoms. The van der Waals surface area contributed by atoms with Crippen LogP contribution in [0.4, 0.5) is 0 Å². The first kappa shape index (κ1) is 27.6. The zero-order chi connectivity index (χ0) is 27.0. The van der Waals surface area contributed by atoms with Crippen LogP contribution >= 0.6 is 7.26 Å². The van der Waals surface area contributed by atoms with E-state index in [0.29, 0.717) is 6.16 Å². The van der Waals surface area contributed by atoms with Crippen molar-refractivity contribution < 1.29 is 4.79 Å². The number of aryl methyl sites for hydroxylation is 3. The molecule has 1 aliphatic heterocycles. The van der Waals surface area contributed by atoms with Gasteiger partial charge in [-0.15, -0.1) is 0 Å². The molecular weight excluding hydrogens is 471 g/mol. The Balaban J connectivity index is 1.79. The summed E-state index contributed by atoms with van der Waals surface area (Å²) in [5.41, 5.74) is 3.76. The van der Waals surface area contributed by atoms with Gasteiger partial charge in [-0.1, -0.05) is 0 Å². The van der Waals surface area contributed by atoms with Gasteiger partial charge < -0.3 is 0 Å². The van der Waals surface area contributed by atoms with Crippen LogP contribution in [0.3, 0.4) is 0 Å². The molecule has 0 atom stereocenters. The van der Waals surface area contributed by atoms with Crippen molar-refractivity contribution in [3.05, 3.63) is 89.5 Å². The van der Waals surface area contributed by atoms with Crippen LogP contribution in [0.15, 0.2) is 72.8 Å². The molecule has 3 nitrogen and oxygen atoms in total. The molecule has 198 valence electrons. The van der Waals surface area contributed by atoms with E-state index in [2.05, 4.69) is 139 Å². The van der Waals surface area contributed by atoms with Crippen LogP contribution < -0.4 is 21.2 Å². The van der Waals surface area contributed by atoms with Crippen LogP contribution in [0.1, 0.15) is 57.2 Å². The molecule has 4 rings (SSSR count). The van der Waals surface area contributed by atoms with E-state index in [9.17, 15) is 4.79 Å². The van der Waals surface area contributed by atoms with Crippen LogP contribution in [-0.2, 0) is 4.79 Å². The maximum atomic E-state index is 14.1. The monoisotopic (exact) mass is 516 g/mol. The summed E-state index contributed by atoms with van der Waals surface area (Å²) < 4.78 is 0. The van der Waals surface area contributed by atoms with E-state index >= 15 is 0 Å². The number of piperidine rings is 1. The van der Waals surface area contributed by atoms with Gasteiger partial charge in [0.2, 0.25) is 0 Å². The van der Waals surface area contributed by atoms with Crippen molar-refractivity contribution in [3.8, 4) is 0 Å². The molecule has 0 saturated carbocycles. The predicted octanol–water partition coefficient (Wildman–Crippen LogP) is 5.41. The van der Waals surface area contributed by atoms with Gasteiger partial charge in [0.05, 0.1) is 0 Å². The quantitative estimate of drug-likeness (QED) is 0.445. The molecule has 0 unspecified atom stereocenters. The Morgan fingerprint density at radius 1 is 0.730 bits per heavy atom. The van der Waals surface area contributed by atoms with Gasteiger partial charge >= 0.3 is 225 Å². The fourth-order valence-corrected chi connectivity index (χ4v) is 10.7. The van der Waals surface area contributed by atoms with Gasteiger partial charge in [0, 0.05) is 0 Å². The summed E-state index contributed by atoms with van der Waals surface area (Å²) in [6, 6.07) is 26.9. The molecular formula is C33H45N2OP. The molecule has 0 aromatic heterocycles. The number of nitrogens with one attached hydrogen (secondary N) is 1. The maximum absolute atomic E-state index is 14.1. The molecule has 0 aliphatic carbocycles. The van der Waals surface area contributed by atoms with E-state index in [1.54, 1.807) is 0 Å². The van der Waals surface area contributed by atoms with Gasteiger partial charge in [0.15, 0.2) is 0 Å². The molecule has 0 spiro atoms. The van der Waals surface area contributed by atoms with E-state index in [1.807, 2.05) is 0 Å². The predicted molar refractivity (Wildman–Crippen MR) is 163 cm³/mol. The van der Waals surface area contributed by atoms with Crippen molar-refractivity contribution >= 4 is 29.1 Å². The molecule has 1 amide bonds. The molecule has 1 aliphatic rings. The summed E-state index contributed by atoms with van der Waals surface area (Å²) >= 11 is 0. The van der Waals surface area contributed by atoms with Crippen molar-refractivity contribution in [2.75, 3.05) is 13.2 Å². The van der Waals surface area contributed by atoms with Crippen LogP contribution in [0.5, 0.6) is 0 Å². The molecule has 1 fully saturated rings. The van der Waals surface area contributed by atoms with Crippen LogP contribution in [-0.4, -0.2) is 41.1 Å². The second kappa shape index (κ2) is 10.4. The first-order valence-corrected chi connectivity index (χ1v) is 15.8. The fourth-order valence-electron chi connectivity index (χ4n) is 6.31. The molecule has 1 N–H and O–H groups in total. The number of hydrogen-bond acceptors (Lipinski definition) is 2. The van der Waals surface area contributed by atoms with E-state index < -0.39 is 7.26 Å². The first-order chi connectivity index (χ1) is 17.3. The van der Waals surface area contributed by atoms with Crippen molar-refractivity contribution in [1.82, 2.24) is 10.2 Å². The summed E-state index contributed by atoms with van der Waals surface area (Å²) in [6.07, 6.45) is 2.40. The van der Waals surface area contributed by atoms with E-state index in [1.165, 1.54) is 32.6 Å². The summed E-state index contributed by atoms with van der Waals surface area (Å²) in [5, 5.41) is 7.37. The molecule has 1 saturated heterocycles. The fraction of sp³-hybridized carbons (Fsp3) is 0.424. The Kier molecular flexibility index (Phi) is 7.71. The van der Waals surface area contributed by atoms with Crippen LogP contribution in [0.25, 0.3) is 0 Å². The second-order valence-electron chi connectivity index (χ2n) is 12.5. The van der Waals surface area contributed by atoms with E-state index in [0.717, 1.165) is 12.8 Å². The van der Waals surface area contributed by atoms with Gasteiger partial charge in [-0.2, -0.15) is 0 Å². The third-order valence-electron chi connectivity index (χ3n) is 8.73. The summed E-state index contributed by atoms with van der Waals surface area (Å²) in [5.74, 6) is 0.162. The number of benzene rings is 3. The summed E-state index contributed by atoms with van der Waals surface area (Å²) in [7, 11) is -0.437. The third kappa shape index (κ3) is 5.69. The second-order valence-corrected chi connectivity index (χ2v) is 16.4. The van der Waals surface area contributed by atoms with Crippen molar-refractivity contribution in [1.29, 1.82) is 0 Å². The minimum atomic E-state index is -2.65. The zero-order valence-electron chi connectivity index (χ0n) is 24.0. The van der Waals surface area contributed by atoms with Gasteiger partial charge in [-0.25, -0.2) is 0 Å². The summed E-state index contributed by atoms with van der Waals surface area (Å²) in [4.78, 5) is 16.5. The van der Waals surface area contributed by atoms with Crippen molar-refractivity contribution in [3.63, 3.8) is 0 Å². The van der Waals surface area contributed by atoms with Crippen molar-refractivity contribution in [2.45, 2.75) is 78.4 Å². The van der Waals surface area contributed by atoms with Crippen LogP contribution in [0.2, 0.25) is 0 Å². The zero-order valence-corrected chi connectivity index (χ0v) is 25.0. The number of rotatable bonds is 6. The molecule has 0 bridgehead atoms. The third-order valence-corrected chi connectivity index (χ3v) is 13.5. The molecule has 0 radical (unpaired) electrons. The SMILES string of the molecule is Cc1ccc([PH](CC(=O)NC2CC(C)(C)N(C)C(C)(C)C2)(c2ccc(C)cc2)c2ccc(C)cc2)cc1. The van der Waals surface area contributed by atoms with Gasteiger partial charge in [0.25, 0.3) is 0 Å². The normalized spacial score (nSPS) is 18.4. The van der Waals surface area contributed by atoms with Gasteiger partial charge in [-0.05, 0) is 0 Å². The number of carbonyl (C=O) groups excluding carboxylic acids is 1. The standard InChI is InChI=1S/C33H45N2OP/c1-24-9-15-28(16-10-24)37(29-17-11-25(2)12-18-29,30-19-13-26(3)14-20-30)23-31(36)34-27-21-32(4,5)35(8)33(6,7)22-27/h9-20,27,37H,21-23H2,1-8H3,(H,34,36). The number of likely N-dealkylation sites (tertiary alicyclic amines) is 1. The number of hydrogen-bond donors (Lipinski definition) is 1. The minimum absolute atomic E-state index is 0.0269. The average molecular weight is 517 g/mol. The van der Waals surface area contributed by atoms with Gasteiger partial charge in [-0.3, -0.25) is 0 Å². The molecule has 1 heterocycles. The Labute approximate surface area is 225 Å². The topological polar surface area (TPSA) is 32.3 Å². The van der Waals surface area contributed by atoms with Crippen molar-refractivity contribution in [2.24, 2.45) is 0 Å². The Morgan fingerprint density at radius 2 is 1.05 bits per heavy atom. The number of carbonyl (C=O) groups is 1. The molecule has 3 aromatic rings. The Morgan fingerprint density at radius 3 is 1.38 bits per heavy atom. The van der Waals surface area contributed by atoms with E-state index in [4.69, 9.17) is 0 Å². The Hall–Kier alpha value is -2.48. The average Bonchev–Trinajstić information content (AvgIpc) is 2.82. The van der Waals surface area contributed by atoms with Crippen LogP contribution in [0, 0.1) is 20.8 Å². The van der Waals surface area contributed by atoms with Gasteiger partial charge in [0.1, 0.15) is 0 Å². The summed E-state index contributed by atoms with van der Waals surface area (Å²) in [6.45, 7) is 15.5. The number of amides is 1. The Bertz CT molecular complexity index is 1100. The van der Waals surface area contributed by atoms with E-state index in [-0.39, 0.29) is 23.0 Å². The number of nitrogens with zero attached hydrogens (tertiary/aromatic N) is 1. The first-order valence-electron chi connectivity index (χ1n) is 13.6. The molecule has 3 aromatic carbocycles. The molecule has 37 heavy (non-hydrogen) atoms.